The van der Waals surface area contributed by atoms with Crippen molar-refractivity contribution in [2.45, 2.75) is 19.8 Å². The van der Waals surface area contributed by atoms with Crippen LogP contribution in [0.5, 0.6) is 0 Å². The highest BCUT2D eigenvalue weighted by molar-refractivity contribution is 5.92. The third-order valence-corrected chi connectivity index (χ3v) is 3.76. The van der Waals surface area contributed by atoms with Crippen LogP contribution in [-0.4, -0.2) is 28.9 Å². The topological polar surface area (TPSA) is 33.2 Å². The van der Waals surface area contributed by atoms with Gasteiger partial charge in [-0.1, -0.05) is 24.3 Å². The molecule has 0 N–H and O–H groups in total. The second-order valence-corrected chi connectivity index (χ2v) is 5.25. The molecule has 0 aliphatic carbocycles. The molecule has 20 heavy (non-hydrogen) atoms. The number of hydrogen-bond acceptors (Lipinski definition) is 2. The molecule has 0 bridgehead atoms. The number of aryl methyl sites for hydroxylation is 1. The number of hydrogen-bond donors (Lipinski definition) is 0. The first kappa shape index (κ1) is 12.9. The summed E-state index contributed by atoms with van der Waals surface area (Å²) in [4.78, 5) is 18.5. The molecule has 0 unspecified atom stereocenters. The Balaban J connectivity index is 1.83. The van der Waals surface area contributed by atoms with Gasteiger partial charge >= 0.3 is 0 Å². The van der Waals surface area contributed by atoms with Crippen LogP contribution >= 0.6 is 0 Å². The Labute approximate surface area is 118 Å². The fraction of sp³-hybridized carbons (Fsp3) is 0.294. The molecule has 1 aromatic heterocycles. The summed E-state index contributed by atoms with van der Waals surface area (Å²) in [6.07, 6.45) is 5.68. The lowest BCUT2D eigenvalue weighted by atomic mass is 10.1. The Bertz CT molecular complexity index is 670. The van der Waals surface area contributed by atoms with E-state index < -0.39 is 0 Å². The average molecular weight is 266 g/mol. The van der Waals surface area contributed by atoms with Gasteiger partial charge in [0.2, 0.25) is 5.91 Å². The van der Waals surface area contributed by atoms with Gasteiger partial charge in [-0.15, -0.1) is 0 Å². The minimum atomic E-state index is 0.0918. The van der Waals surface area contributed by atoms with Crippen molar-refractivity contribution in [1.82, 2.24) is 9.88 Å². The number of carbonyl (C=O) groups is 1. The number of nitrogens with zero attached hydrogens (tertiary/aromatic N) is 2. The predicted octanol–water partition coefficient (Wildman–Crippen LogP) is 3.18. The van der Waals surface area contributed by atoms with Crippen LogP contribution in [0.2, 0.25) is 0 Å². The molecule has 1 aliphatic heterocycles. The number of carbonyl (C=O) groups excluding carboxylic acids is 1. The molecular formula is C17H18N2O. The van der Waals surface area contributed by atoms with E-state index in [2.05, 4.69) is 30.1 Å². The van der Waals surface area contributed by atoms with Crippen LogP contribution in [0.4, 0.5) is 0 Å². The summed E-state index contributed by atoms with van der Waals surface area (Å²) in [5, 5.41) is 1.13. The SMILES string of the molecule is Cc1cccc2ccc(/C=C/C(=O)N3CCCC3)nc12. The Kier molecular flexibility index (Phi) is 3.50. The Hall–Kier alpha value is -2.16. The fourth-order valence-electron chi connectivity index (χ4n) is 2.60. The van der Waals surface area contributed by atoms with Crippen molar-refractivity contribution >= 4 is 22.9 Å². The van der Waals surface area contributed by atoms with Gasteiger partial charge in [0.25, 0.3) is 0 Å². The lowest BCUT2D eigenvalue weighted by molar-refractivity contribution is -0.124. The van der Waals surface area contributed by atoms with E-state index in [4.69, 9.17) is 0 Å². The van der Waals surface area contributed by atoms with Crippen molar-refractivity contribution in [1.29, 1.82) is 0 Å². The lowest BCUT2D eigenvalue weighted by Gasteiger charge is -2.11. The van der Waals surface area contributed by atoms with E-state index in [1.54, 1.807) is 6.08 Å². The van der Waals surface area contributed by atoms with E-state index in [9.17, 15) is 4.79 Å². The first-order valence-corrected chi connectivity index (χ1v) is 7.07. The van der Waals surface area contributed by atoms with E-state index >= 15 is 0 Å². The number of aromatic nitrogens is 1. The number of fused-ring (bicyclic) bond motifs is 1. The molecule has 1 aliphatic rings. The third kappa shape index (κ3) is 2.57. The molecule has 102 valence electrons. The maximum atomic E-state index is 12.0. The fourth-order valence-corrected chi connectivity index (χ4v) is 2.60. The minimum absolute atomic E-state index is 0.0918. The molecule has 0 spiro atoms. The monoisotopic (exact) mass is 266 g/mol. The van der Waals surface area contributed by atoms with Crippen molar-refractivity contribution in [2.24, 2.45) is 0 Å². The summed E-state index contributed by atoms with van der Waals surface area (Å²) in [6, 6.07) is 10.1. The average Bonchev–Trinajstić information content (AvgIpc) is 3.00. The molecule has 1 amide bonds. The van der Waals surface area contributed by atoms with Gasteiger partial charge < -0.3 is 4.90 Å². The smallest absolute Gasteiger partial charge is 0.246 e. The second-order valence-electron chi connectivity index (χ2n) is 5.25. The Morgan fingerprint density at radius 2 is 2.00 bits per heavy atom. The van der Waals surface area contributed by atoms with Gasteiger partial charge in [-0.25, -0.2) is 4.98 Å². The highest BCUT2D eigenvalue weighted by atomic mass is 16.2. The van der Waals surface area contributed by atoms with Crippen LogP contribution in [0, 0.1) is 6.92 Å². The van der Waals surface area contributed by atoms with E-state index in [-0.39, 0.29) is 5.91 Å². The zero-order valence-corrected chi connectivity index (χ0v) is 11.7. The van der Waals surface area contributed by atoms with Crippen molar-refractivity contribution in [2.75, 3.05) is 13.1 Å². The summed E-state index contributed by atoms with van der Waals surface area (Å²) in [7, 11) is 0. The summed E-state index contributed by atoms with van der Waals surface area (Å²) >= 11 is 0. The normalized spacial score (nSPS) is 15.3. The molecular weight excluding hydrogens is 248 g/mol. The van der Waals surface area contributed by atoms with Crippen LogP contribution in [-0.2, 0) is 4.79 Å². The van der Waals surface area contributed by atoms with Crippen LogP contribution in [0.1, 0.15) is 24.1 Å². The van der Waals surface area contributed by atoms with Crippen molar-refractivity contribution in [3.63, 3.8) is 0 Å². The van der Waals surface area contributed by atoms with Gasteiger partial charge in [-0.3, -0.25) is 4.79 Å². The molecule has 3 rings (SSSR count). The van der Waals surface area contributed by atoms with E-state index in [0.717, 1.165) is 48.1 Å². The predicted molar refractivity (Wildman–Crippen MR) is 81.3 cm³/mol. The standard InChI is InChI=1S/C17H18N2O/c1-13-5-4-6-14-7-8-15(18-17(13)14)9-10-16(20)19-11-2-3-12-19/h4-10H,2-3,11-12H2,1H3/b10-9+. The second kappa shape index (κ2) is 5.45. The van der Waals surface area contributed by atoms with Crippen LogP contribution in [0.15, 0.2) is 36.4 Å². The molecule has 0 atom stereocenters. The van der Waals surface area contributed by atoms with Crippen LogP contribution < -0.4 is 0 Å². The number of para-hydroxylation sites is 1. The molecule has 1 saturated heterocycles. The maximum Gasteiger partial charge on any atom is 0.246 e. The van der Waals surface area contributed by atoms with E-state index in [1.165, 1.54) is 0 Å². The van der Waals surface area contributed by atoms with E-state index in [1.807, 2.05) is 23.1 Å². The molecule has 0 radical (unpaired) electrons. The van der Waals surface area contributed by atoms with Gasteiger partial charge in [-0.2, -0.15) is 0 Å². The van der Waals surface area contributed by atoms with Gasteiger partial charge in [0, 0.05) is 24.6 Å². The number of benzene rings is 1. The number of pyridine rings is 1. The lowest BCUT2D eigenvalue weighted by Crippen LogP contribution is -2.25. The van der Waals surface area contributed by atoms with Gasteiger partial charge in [0.05, 0.1) is 11.2 Å². The van der Waals surface area contributed by atoms with Gasteiger partial charge in [0.1, 0.15) is 0 Å². The van der Waals surface area contributed by atoms with Crippen LogP contribution in [0.25, 0.3) is 17.0 Å². The quantitative estimate of drug-likeness (QED) is 0.782. The molecule has 1 fully saturated rings. The molecule has 3 nitrogen and oxygen atoms in total. The summed E-state index contributed by atoms with van der Waals surface area (Å²) in [5.74, 6) is 0.0918. The summed E-state index contributed by atoms with van der Waals surface area (Å²) in [5.41, 5.74) is 2.99. The molecule has 1 aromatic carbocycles. The van der Waals surface area contributed by atoms with Crippen LogP contribution in [0.3, 0.4) is 0 Å². The molecule has 3 heteroatoms. The minimum Gasteiger partial charge on any atom is -0.339 e. The maximum absolute atomic E-state index is 12.0. The number of amides is 1. The first-order valence-electron chi connectivity index (χ1n) is 7.07. The number of rotatable bonds is 2. The first-order chi connectivity index (χ1) is 9.74. The highest BCUT2D eigenvalue weighted by Crippen LogP contribution is 2.17. The zero-order chi connectivity index (χ0) is 13.9. The summed E-state index contributed by atoms with van der Waals surface area (Å²) < 4.78 is 0. The largest absolute Gasteiger partial charge is 0.339 e. The van der Waals surface area contributed by atoms with Gasteiger partial charge in [-0.05, 0) is 37.5 Å². The van der Waals surface area contributed by atoms with Crippen molar-refractivity contribution in [3.8, 4) is 0 Å². The third-order valence-electron chi connectivity index (χ3n) is 3.76. The van der Waals surface area contributed by atoms with Crippen molar-refractivity contribution in [3.05, 3.63) is 47.7 Å². The molecule has 2 heterocycles. The zero-order valence-electron chi connectivity index (χ0n) is 11.7. The Morgan fingerprint density at radius 3 is 2.80 bits per heavy atom. The highest BCUT2D eigenvalue weighted by Gasteiger charge is 2.15. The van der Waals surface area contributed by atoms with E-state index in [0.29, 0.717) is 0 Å². The Morgan fingerprint density at radius 1 is 1.20 bits per heavy atom. The summed E-state index contributed by atoms with van der Waals surface area (Å²) in [6.45, 7) is 3.82. The van der Waals surface area contributed by atoms with Gasteiger partial charge in [0.15, 0.2) is 0 Å². The van der Waals surface area contributed by atoms with Crippen molar-refractivity contribution < 1.29 is 4.79 Å². The molecule has 2 aromatic rings. The molecule has 0 saturated carbocycles. The number of likely N-dealkylation sites (tertiary alicyclic amines) is 1.